The van der Waals surface area contributed by atoms with Crippen molar-refractivity contribution < 1.29 is 13.2 Å². The molecule has 0 amide bonds. The van der Waals surface area contributed by atoms with Gasteiger partial charge in [-0.1, -0.05) is 30.3 Å². The number of benzene rings is 1. The SMILES string of the molecule is N#CC[C@@H](c1ccccc1)C(F)(F)F. The van der Waals surface area contributed by atoms with E-state index < -0.39 is 18.5 Å². The molecule has 0 saturated heterocycles. The Morgan fingerprint density at radius 3 is 2.21 bits per heavy atom. The number of rotatable bonds is 2. The normalized spacial score (nSPS) is 13.3. The van der Waals surface area contributed by atoms with Crippen molar-refractivity contribution in [2.75, 3.05) is 0 Å². The summed E-state index contributed by atoms with van der Waals surface area (Å²) in [5.74, 6) is -1.67. The smallest absolute Gasteiger partial charge is 0.198 e. The Morgan fingerprint density at radius 2 is 1.79 bits per heavy atom. The van der Waals surface area contributed by atoms with E-state index in [0.717, 1.165) is 0 Å². The van der Waals surface area contributed by atoms with Gasteiger partial charge in [0.2, 0.25) is 0 Å². The summed E-state index contributed by atoms with van der Waals surface area (Å²) in [5.41, 5.74) is 0.140. The minimum Gasteiger partial charge on any atom is -0.198 e. The van der Waals surface area contributed by atoms with Crippen LogP contribution in [0, 0.1) is 11.3 Å². The summed E-state index contributed by atoms with van der Waals surface area (Å²) in [6.07, 6.45) is -4.88. The lowest BCUT2D eigenvalue weighted by molar-refractivity contribution is -0.149. The molecule has 1 aromatic carbocycles. The largest absolute Gasteiger partial charge is 0.396 e. The number of nitrogens with zero attached hydrogens (tertiary/aromatic N) is 1. The van der Waals surface area contributed by atoms with Gasteiger partial charge in [-0.2, -0.15) is 18.4 Å². The molecule has 0 bridgehead atoms. The molecule has 1 atom stereocenters. The maximum atomic E-state index is 12.4. The fraction of sp³-hybridized carbons (Fsp3) is 0.300. The highest BCUT2D eigenvalue weighted by molar-refractivity contribution is 5.22. The van der Waals surface area contributed by atoms with Crippen molar-refractivity contribution in [3.8, 4) is 6.07 Å². The molecule has 0 radical (unpaired) electrons. The Hall–Kier alpha value is -1.50. The van der Waals surface area contributed by atoms with Gasteiger partial charge in [0.25, 0.3) is 0 Å². The van der Waals surface area contributed by atoms with Crippen LogP contribution in [0.1, 0.15) is 17.9 Å². The van der Waals surface area contributed by atoms with Crippen molar-refractivity contribution in [1.82, 2.24) is 0 Å². The molecular weight excluding hydrogens is 191 g/mol. The fourth-order valence-corrected chi connectivity index (χ4v) is 1.20. The summed E-state index contributed by atoms with van der Waals surface area (Å²) in [6, 6.07) is 9.03. The molecule has 0 spiro atoms. The maximum absolute atomic E-state index is 12.4. The molecule has 0 saturated carbocycles. The third kappa shape index (κ3) is 2.49. The summed E-state index contributed by atoms with van der Waals surface area (Å²) in [6.45, 7) is 0. The lowest BCUT2D eigenvalue weighted by Crippen LogP contribution is -2.20. The highest BCUT2D eigenvalue weighted by atomic mass is 19.4. The van der Waals surface area contributed by atoms with Gasteiger partial charge in [0.05, 0.1) is 18.4 Å². The topological polar surface area (TPSA) is 23.8 Å². The van der Waals surface area contributed by atoms with Crippen LogP contribution in [0.3, 0.4) is 0 Å². The molecule has 0 N–H and O–H groups in total. The van der Waals surface area contributed by atoms with Crippen LogP contribution in [0.25, 0.3) is 0 Å². The zero-order chi connectivity index (χ0) is 10.6. The molecule has 74 valence electrons. The highest BCUT2D eigenvalue weighted by Crippen LogP contribution is 2.36. The highest BCUT2D eigenvalue weighted by Gasteiger charge is 2.40. The van der Waals surface area contributed by atoms with Crippen LogP contribution in [0.15, 0.2) is 30.3 Å². The molecule has 0 aromatic heterocycles. The molecule has 4 heteroatoms. The third-order valence-corrected chi connectivity index (χ3v) is 1.89. The van der Waals surface area contributed by atoms with E-state index in [1.54, 1.807) is 12.1 Å². The van der Waals surface area contributed by atoms with Crippen molar-refractivity contribution >= 4 is 0 Å². The molecule has 0 unspecified atom stereocenters. The van der Waals surface area contributed by atoms with Gasteiger partial charge in [-0.15, -0.1) is 0 Å². The van der Waals surface area contributed by atoms with E-state index in [1.165, 1.54) is 24.3 Å². The number of alkyl halides is 3. The number of hydrogen-bond donors (Lipinski definition) is 0. The lowest BCUT2D eigenvalue weighted by atomic mass is 9.96. The first-order valence-corrected chi connectivity index (χ1v) is 4.04. The average Bonchev–Trinajstić information content (AvgIpc) is 2.14. The van der Waals surface area contributed by atoms with E-state index in [4.69, 9.17) is 5.26 Å². The van der Waals surface area contributed by atoms with Crippen LogP contribution in [0.2, 0.25) is 0 Å². The monoisotopic (exact) mass is 199 g/mol. The molecule has 0 fully saturated rings. The summed E-state index contributed by atoms with van der Waals surface area (Å²) in [4.78, 5) is 0. The lowest BCUT2D eigenvalue weighted by Gasteiger charge is -2.17. The van der Waals surface area contributed by atoms with Crippen LogP contribution < -0.4 is 0 Å². The van der Waals surface area contributed by atoms with Gasteiger partial charge >= 0.3 is 6.18 Å². The van der Waals surface area contributed by atoms with Gasteiger partial charge in [0.15, 0.2) is 0 Å². The minimum atomic E-state index is -4.35. The van der Waals surface area contributed by atoms with E-state index in [2.05, 4.69) is 0 Å². The maximum Gasteiger partial charge on any atom is 0.396 e. The fourth-order valence-electron chi connectivity index (χ4n) is 1.20. The van der Waals surface area contributed by atoms with E-state index in [9.17, 15) is 13.2 Å². The predicted octanol–water partition coefficient (Wildman–Crippen LogP) is 3.25. The first kappa shape index (κ1) is 10.6. The van der Waals surface area contributed by atoms with Crippen molar-refractivity contribution in [2.45, 2.75) is 18.5 Å². The van der Waals surface area contributed by atoms with Gasteiger partial charge in [0, 0.05) is 0 Å². The number of halogens is 3. The first-order valence-electron chi connectivity index (χ1n) is 4.04. The van der Waals surface area contributed by atoms with Crippen molar-refractivity contribution in [2.24, 2.45) is 0 Å². The molecule has 0 aliphatic heterocycles. The quantitative estimate of drug-likeness (QED) is 0.717. The Morgan fingerprint density at radius 1 is 1.21 bits per heavy atom. The Kier molecular flexibility index (Phi) is 3.13. The van der Waals surface area contributed by atoms with E-state index in [1.807, 2.05) is 0 Å². The second kappa shape index (κ2) is 4.14. The van der Waals surface area contributed by atoms with Gasteiger partial charge in [-0.3, -0.25) is 0 Å². The van der Waals surface area contributed by atoms with Gasteiger partial charge in [0.1, 0.15) is 0 Å². The second-order valence-corrected chi connectivity index (χ2v) is 2.87. The molecule has 14 heavy (non-hydrogen) atoms. The van der Waals surface area contributed by atoms with E-state index in [-0.39, 0.29) is 5.56 Å². The van der Waals surface area contributed by atoms with Crippen LogP contribution in [0.4, 0.5) is 13.2 Å². The number of nitriles is 1. The van der Waals surface area contributed by atoms with Crippen LogP contribution in [-0.2, 0) is 0 Å². The Bertz CT molecular complexity index is 323. The van der Waals surface area contributed by atoms with E-state index >= 15 is 0 Å². The van der Waals surface area contributed by atoms with Crippen molar-refractivity contribution in [3.63, 3.8) is 0 Å². The zero-order valence-corrected chi connectivity index (χ0v) is 7.25. The van der Waals surface area contributed by atoms with Crippen LogP contribution >= 0.6 is 0 Å². The summed E-state index contributed by atoms with van der Waals surface area (Å²) >= 11 is 0. The third-order valence-electron chi connectivity index (χ3n) is 1.89. The number of hydrogen-bond acceptors (Lipinski definition) is 1. The van der Waals surface area contributed by atoms with Gasteiger partial charge in [-0.25, -0.2) is 0 Å². The average molecular weight is 199 g/mol. The van der Waals surface area contributed by atoms with Crippen LogP contribution in [0.5, 0.6) is 0 Å². The van der Waals surface area contributed by atoms with E-state index in [0.29, 0.717) is 0 Å². The van der Waals surface area contributed by atoms with Crippen molar-refractivity contribution in [1.29, 1.82) is 5.26 Å². The standard InChI is InChI=1S/C10H8F3N/c11-10(12,13)9(6-7-14)8-4-2-1-3-5-8/h1-5,9H,6H2/t9-/m0/s1. The molecule has 1 aromatic rings. The molecule has 1 nitrogen and oxygen atoms in total. The molecular formula is C10H8F3N. The second-order valence-electron chi connectivity index (χ2n) is 2.87. The Balaban J connectivity index is 2.96. The molecule has 1 rings (SSSR count). The van der Waals surface area contributed by atoms with Crippen LogP contribution in [-0.4, -0.2) is 6.18 Å². The molecule has 0 aliphatic carbocycles. The summed E-state index contributed by atoms with van der Waals surface area (Å²) < 4.78 is 37.3. The van der Waals surface area contributed by atoms with Gasteiger partial charge in [-0.05, 0) is 5.56 Å². The van der Waals surface area contributed by atoms with Crippen molar-refractivity contribution in [3.05, 3.63) is 35.9 Å². The summed E-state index contributed by atoms with van der Waals surface area (Å²) in [5, 5.41) is 8.31. The molecule has 0 aliphatic rings. The summed E-state index contributed by atoms with van der Waals surface area (Å²) in [7, 11) is 0. The zero-order valence-electron chi connectivity index (χ0n) is 7.25. The predicted molar refractivity (Wildman–Crippen MR) is 45.5 cm³/mol. The molecule has 0 heterocycles. The Labute approximate surface area is 79.8 Å². The minimum absolute atomic E-state index is 0.140. The van der Waals surface area contributed by atoms with Gasteiger partial charge < -0.3 is 0 Å². The first-order chi connectivity index (χ1) is 6.55.